The molecule has 102 valence electrons. The number of aromatic amines is 1. The molecule has 0 saturated carbocycles. The van der Waals surface area contributed by atoms with Crippen molar-refractivity contribution in [1.82, 2.24) is 35.3 Å². The summed E-state index contributed by atoms with van der Waals surface area (Å²) in [4.78, 5) is 16.5. The molecule has 0 saturated heterocycles. The summed E-state index contributed by atoms with van der Waals surface area (Å²) in [6.45, 7) is 3.74. The van der Waals surface area contributed by atoms with E-state index in [9.17, 15) is 4.79 Å². The standard InChI is InChI=1S/C12H13N7O/c1-7-4-3-5-10-14-9(6-19(7)10)12(20)13-8(2)11-15-17-18-16-11/h3-6,8H,1-2H3,(H,13,20)(H,15,16,17,18). The minimum absolute atomic E-state index is 0.273. The van der Waals surface area contributed by atoms with Gasteiger partial charge in [-0.1, -0.05) is 11.3 Å². The first-order chi connectivity index (χ1) is 9.65. The Morgan fingerprint density at radius 2 is 2.30 bits per heavy atom. The SMILES string of the molecule is Cc1cccc2nc(C(=O)NC(C)c3nn[nH]n3)cn12. The quantitative estimate of drug-likeness (QED) is 0.728. The maximum atomic E-state index is 12.2. The summed E-state index contributed by atoms with van der Waals surface area (Å²) < 4.78 is 1.87. The molecule has 3 aromatic heterocycles. The lowest BCUT2D eigenvalue weighted by Crippen LogP contribution is -2.27. The van der Waals surface area contributed by atoms with Crippen LogP contribution in [0, 0.1) is 6.92 Å². The molecule has 3 aromatic rings. The van der Waals surface area contributed by atoms with Crippen LogP contribution in [-0.4, -0.2) is 35.9 Å². The average Bonchev–Trinajstić information content (AvgIpc) is 3.08. The highest BCUT2D eigenvalue weighted by atomic mass is 16.2. The van der Waals surface area contributed by atoms with Gasteiger partial charge in [-0.25, -0.2) is 4.98 Å². The Hall–Kier alpha value is -2.77. The number of tetrazole rings is 1. The highest BCUT2D eigenvalue weighted by Crippen LogP contribution is 2.10. The van der Waals surface area contributed by atoms with E-state index < -0.39 is 0 Å². The number of H-pyrrole nitrogens is 1. The van der Waals surface area contributed by atoms with Gasteiger partial charge in [0, 0.05) is 11.9 Å². The van der Waals surface area contributed by atoms with Gasteiger partial charge in [-0.05, 0) is 26.0 Å². The number of pyridine rings is 1. The average molecular weight is 271 g/mol. The van der Waals surface area contributed by atoms with E-state index in [0.717, 1.165) is 11.3 Å². The van der Waals surface area contributed by atoms with Crippen molar-refractivity contribution >= 4 is 11.6 Å². The number of aromatic nitrogens is 6. The summed E-state index contributed by atoms with van der Waals surface area (Å²) >= 11 is 0. The number of imidazole rings is 1. The van der Waals surface area contributed by atoms with Gasteiger partial charge in [0.2, 0.25) is 0 Å². The number of nitrogens with one attached hydrogen (secondary N) is 2. The van der Waals surface area contributed by atoms with Crippen molar-refractivity contribution in [2.45, 2.75) is 19.9 Å². The molecule has 0 aromatic carbocycles. The number of rotatable bonds is 3. The van der Waals surface area contributed by atoms with Crippen LogP contribution in [0.15, 0.2) is 24.4 Å². The molecule has 0 spiro atoms. The van der Waals surface area contributed by atoms with Crippen molar-refractivity contribution in [2.75, 3.05) is 0 Å². The fourth-order valence-electron chi connectivity index (χ4n) is 1.95. The van der Waals surface area contributed by atoms with Crippen LogP contribution >= 0.6 is 0 Å². The number of hydrogen-bond acceptors (Lipinski definition) is 5. The third kappa shape index (κ3) is 2.11. The summed E-state index contributed by atoms with van der Waals surface area (Å²) in [5.74, 6) is 0.156. The van der Waals surface area contributed by atoms with Crippen molar-refractivity contribution in [2.24, 2.45) is 0 Å². The molecule has 0 aliphatic heterocycles. The number of aryl methyl sites for hydroxylation is 1. The molecule has 1 unspecified atom stereocenters. The summed E-state index contributed by atoms with van der Waals surface area (Å²) in [6, 6.07) is 5.37. The Morgan fingerprint density at radius 1 is 1.45 bits per heavy atom. The predicted octanol–water partition coefficient (Wildman–Crippen LogP) is 0.647. The van der Waals surface area contributed by atoms with Crippen molar-refractivity contribution in [1.29, 1.82) is 0 Å². The van der Waals surface area contributed by atoms with E-state index in [-0.39, 0.29) is 11.9 Å². The molecule has 0 aliphatic rings. The zero-order valence-corrected chi connectivity index (χ0v) is 11.0. The van der Waals surface area contributed by atoms with Gasteiger partial charge in [0.25, 0.3) is 5.91 Å². The van der Waals surface area contributed by atoms with Crippen molar-refractivity contribution in [3.8, 4) is 0 Å². The second-order valence-electron chi connectivity index (χ2n) is 4.49. The highest BCUT2D eigenvalue weighted by Gasteiger charge is 2.17. The molecule has 1 atom stereocenters. The highest BCUT2D eigenvalue weighted by molar-refractivity contribution is 5.93. The van der Waals surface area contributed by atoms with E-state index in [0.29, 0.717) is 11.5 Å². The zero-order chi connectivity index (χ0) is 14.1. The lowest BCUT2D eigenvalue weighted by molar-refractivity contribution is 0.0934. The fraction of sp³-hybridized carbons (Fsp3) is 0.250. The number of fused-ring (bicyclic) bond motifs is 1. The van der Waals surface area contributed by atoms with Gasteiger partial charge in [-0.3, -0.25) is 4.79 Å². The van der Waals surface area contributed by atoms with Crippen LogP contribution in [-0.2, 0) is 0 Å². The van der Waals surface area contributed by atoms with Crippen LogP contribution < -0.4 is 5.32 Å². The summed E-state index contributed by atoms with van der Waals surface area (Å²) in [6.07, 6.45) is 1.71. The summed E-state index contributed by atoms with van der Waals surface area (Å²) in [7, 11) is 0. The molecule has 0 bridgehead atoms. The minimum atomic E-state index is -0.341. The van der Waals surface area contributed by atoms with E-state index in [4.69, 9.17) is 0 Å². The Balaban J connectivity index is 1.84. The summed E-state index contributed by atoms with van der Waals surface area (Å²) in [5, 5.41) is 16.3. The molecule has 3 rings (SSSR count). The van der Waals surface area contributed by atoms with Crippen LogP contribution in [0.1, 0.15) is 35.0 Å². The predicted molar refractivity (Wildman–Crippen MR) is 70.0 cm³/mol. The van der Waals surface area contributed by atoms with Gasteiger partial charge in [-0.2, -0.15) is 5.21 Å². The van der Waals surface area contributed by atoms with E-state index in [1.807, 2.05) is 29.5 Å². The van der Waals surface area contributed by atoms with Gasteiger partial charge >= 0.3 is 0 Å². The smallest absolute Gasteiger partial charge is 0.272 e. The first-order valence-electron chi connectivity index (χ1n) is 6.14. The molecule has 20 heavy (non-hydrogen) atoms. The van der Waals surface area contributed by atoms with E-state index >= 15 is 0 Å². The Morgan fingerprint density at radius 3 is 3.00 bits per heavy atom. The van der Waals surface area contributed by atoms with Crippen molar-refractivity contribution in [3.63, 3.8) is 0 Å². The topological polar surface area (TPSA) is 101 Å². The van der Waals surface area contributed by atoms with Crippen LogP contribution in [0.3, 0.4) is 0 Å². The Labute approximate surface area is 114 Å². The number of nitrogens with zero attached hydrogens (tertiary/aromatic N) is 5. The Bertz CT molecular complexity index is 746. The molecule has 8 nitrogen and oxygen atoms in total. The van der Waals surface area contributed by atoms with Crippen LogP contribution in [0.2, 0.25) is 0 Å². The molecular formula is C12H13N7O. The maximum Gasteiger partial charge on any atom is 0.272 e. The second-order valence-corrected chi connectivity index (χ2v) is 4.49. The fourth-order valence-corrected chi connectivity index (χ4v) is 1.95. The molecule has 0 aliphatic carbocycles. The van der Waals surface area contributed by atoms with Crippen molar-refractivity contribution in [3.05, 3.63) is 41.6 Å². The lowest BCUT2D eigenvalue weighted by atomic mass is 10.3. The number of carbonyl (C=O) groups excluding carboxylic acids is 1. The normalized spacial score (nSPS) is 12.5. The molecule has 0 radical (unpaired) electrons. The maximum absolute atomic E-state index is 12.2. The summed E-state index contributed by atoms with van der Waals surface area (Å²) in [5.41, 5.74) is 2.11. The molecule has 2 N–H and O–H groups in total. The molecule has 3 heterocycles. The number of hydrogen-bond donors (Lipinski definition) is 2. The molecule has 0 fully saturated rings. The third-order valence-electron chi connectivity index (χ3n) is 3.03. The number of carbonyl (C=O) groups is 1. The molecular weight excluding hydrogens is 258 g/mol. The monoisotopic (exact) mass is 271 g/mol. The van der Waals surface area contributed by atoms with Gasteiger partial charge in [0.15, 0.2) is 5.82 Å². The van der Waals surface area contributed by atoms with Gasteiger partial charge < -0.3 is 9.72 Å². The zero-order valence-electron chi connectivity index (χ0n) is 11.0. The second kappa shape index (κ2) is 4.72. The van der Waals surface area contributed by atoms with Gasteiger partial charge in [0.05, 0.1) is 6.04 Å². The van der Waals surface area contributed by atoms with E-state index in [2.05, 4.69) is 30.9 Å². The van der Waals surface area contributed by atoms with Crippen LogP contribution in [0.25, 0.3) is 5.65 Å². The van der Waals surface area contributed by atoms with Crippen LogP contribution in [0.5, 0.6) is 0 Å². The van der Waals surface area contributed by atoms with E-state index in [1.54, 1.807) is 13.1 Å². The van der Waals surface area contributed by atoms with Crippen LogP contribution in [0.4, 0.5) is 0 Å². The lowest BCUT2D eigenvalue weighted by Gasteiger charge is -2.07. The third-order valence-corrected chi connectivity index (χ3v) is 3.03. The first-order valence-corrected chi connectivity index (χ1v) is 6.14. The molecule has 1 amide bonds. The number of amides is 1. The van der Waals surface area contributed by atoms with Gasteiger partial charge in [0.1, 0.15) is 11.3 Å². The van der Waals surface area contributed by atoms with E-state index in [1.165, 1.54) is 0 Å². The van der Waals surface area contributed by atoms with Crippen molar-refractivity contribution < 1.29 is 4.79 Å². The Kier molecular flexibility index (Phi) is 2.90. The minimum Gasteiger partial charge on any atom is -0.341 e. The van der Waals surface area contributed by atoms with Gasteiger partial charge in [-0.15, -0.1) is 10.2 Å². The molecule has 8 heteroatoms. The first kappa shape index (κ1) is 12.3. The largest absolute Gasteiger partial charge is 0.341 e.